The van der Waals surface area contributed by atoms with E-state index in [-0.39, 0.29) is 0 Å². The van der Waals surface area contributed by atoms with Gasteiger partial charge in [0.1, 0.15) is 0 Å². The van der Waals surface area contributed by atoms with Crippen molar-refractivity contribution in [3.63, 3.8) is 0 Å². The lowest BCUT2D eigenvalue weighted by molar-refractivity contribution is 0.735. The van der Waals surface area contributed by atoms with Crippen LogP contribution in [0.3, 0.4) is 0 Å². The molecular formula is C60H50. The molecule has 2 aliphatic rings. The van der Waals surface area contributed by atoms with Crippen LogP contribution in [0.25, 0.3) is 93.5 Å². The lowest BCUT2D eigenvalue weighted by atomic mass is 9.81. The highest BCUT2D eigenvalue weighted by molar-refractivity contribution is 6.27. The molecule has 0 bridgehead atoms. The van der Waals surface area contributed by atoms with E-state index >= 15 is 0 Å². The molecule has 2 aliphatic carbocycles. The first-order valence-corrected chi connectivity index (χ1v) is 21.7. The lowest BCUT2D eigenvalue weighted by Crippen LogP contribution is -1.96. The molecule has 0 spiro atoms. The van der Waals surface area contributed by atoms with Crippen molar-refractivity contribution in [1.82, 2.24) is 0 Å². The Kier molecular flexibility index (Phi) is 9.86. The molecule has 0 saturated heterocycles. The van der Waals surface area contributed by atoms with E-state index in [9.17, 15) is 0 Å². The number of aryl methyl sites for hydroxylation is 2. The number of allylic oxidation sites excluding steroid dienone is 4. The minimum Gasteiger partial charge on any atom is -0.0836 e. The standard InChI is InChI=1S/C43H30.C17H20/c1-27-19-20-31-26-32(22-21-30(31)25-27)33-23-24-38-41-34(33)17-10-18-37(41)42-39(28-11-4-2-5-12-28)35-15-8-9-16-36(35)40(43(38)42)29-13-6-3-7-14-29;1-4-13(2)15-10-7-8-12-17(15)16-11-6-5-9-14(16)3/h2,4-6,8-26H,3,7H2,1H3;5-13H,4H2,1-3H3. The largest absolute Gasteiger partial charge is 0.0836 e. The van der Waals surface area contributed by atoms with E-state index in [1.165, 1.54) is 122 Å². The number of benzene rings is 9. The Bertz CT molecular complexity index is 3150. The molecule has 0 saturated carbocycles. The SMILES string of the molecule is CCC(C)c1ccccc1-c1ccccc1C.Cc1ccc2cc(-c3ccc4c5c(cccc35)-c3c-4c(C4=CCCC=C4)c4ccccc4c3-c3ccccc3)ccc2c1. The van der Waals surface area contributed by atoms with Crippen LogP contribution in [0.5, 0.6) is 0 Å². The zero-order valence-electron chi connectivity index (χ0n) is 35.1. The maximum absolute atomic E-state index is 2.44. The first kappa shape index (κ1) is 37.5. The van der Waals surface area contributed by atoms with Gasteiger partial charge in [0, 0.05) is 0 Å². The molecule has 0 N–H and O–H groups in total. The first-order valence-electron chi connectivity index (χ1n) is 21.7. The van der Waals surface area contributed by atoms with Gasteiger partial charge in [-0.2, -0.15) is 0 Å². The zero-order valence-corrected chi connectivity index (χ0v) is 35.1. The van der Waals surface area contributed by atoms with Crippen LogP contribution in [0.1, 0.15) is 61.3 Å². The Hall–Kier alpha value is -6.76. The number of hydrogen-bond acceptors (Lipinski definition) is 0. The van der Waals surface area contributed by atoms with Crippen LogP contribution in [-0.2, 0) is 0 Å². The summed E-state index contributed by atoms with van der Waals surface area (Å²) >= 11 is 0. The molecule has 11 rings (SSSR count). The van der Waals surface area contributed by atoms with Crippen molar-refractivity contribution in [1.29, 1.82) is 0 Å². The quantitative estimate of drug-likeness (QED) is 0.158. The molecule has 0 fully saturated rings. The van der Waals surface area contributed by atoms with Gasteiger partial charge in [-0.05, 0) is 155 Å². The minimum atomic E-state index is 0.616. The van der Waals surface area contributed by atoms with Gasteiger partial charge < -0.3 is 0 Å². The van der Waals surface area contributed by atoms with E-state index in [0.29, 0.717) is 5.92 Å². The molecule has 0 heterocycles. The fraction of sp³-hybridized carbons (Fsp3) is 0.133. The molecule has 0 amide bonds. The maximum atomic E-state index is 2.44. The summed E-state index contributed by atoms with van der Waals surface area (Å²) in [5, 5.41) is 7.91. The van der Waals surface area contributed by atoms with Crippen molar-refractivity contribution in [3.05, 3.63) is 210 Å². The summed E-state index contributed by atoms with van der Waals surface area (Å²) < 4.78 is 0. The average molecular weight is 771 g/mol. The Labute approximate surface area is 355 Å². The first-order chi connectivity index (χ1) is 29.5. The Morgan fingerprint density at radius 2 is 1.10 bits per heavy atom. The van der Waals surface area contributed by atoms with Gasteiger partial charge >= 0.3 is 0 Å². The summed E-state index contributed by atoms with van der Waals surface area (Å²) in [5.41, 5.74) is 20.2. The van der Waals surface area contributed by atoms with Gasteiger partial charge in [0.15, 0.2) is 0 Å². The van der Waals surface area contributed by atoms with Gasteiger partial charge in [-0.1, -0.05) is 201 Å². The van der Waals surface area contributed by atoms with E-state index in [2.05, 4.69) is 216 Å². The Morgan fingerprint density at radius 1 is 0.467 bits per heavy atom. The summed E-state index contributed by atoms with van der Waals surface area (Å²) in [5.74, 6) is 0.616. The van der Waals surface area contributed by atoms with Crippen molar-refractivity contribution in [2.75, 3.05) is 0 Å². The smallest absolute Gasteiger partial charge is 0.000741 e. The molecule has 1 atom stereocenters. The van der Waals surface area contributed by atoms with Gasteiger partial charge in [0.05, 0.1) is 0 Å². The van der Waals surface area contributed by atoms with Crippen LogP contribution in [0, 0.1) is 13.8 Å². The predicted octanol–water partition coefficient (Wildman–Crippen LogP) is 17.3. The van der Waals surface area contributed by atoms with Crippen LogP contribution in [0.15, 0.2) is 188 Å². The van der Waals surface area contributed by atoms with Crippen molar-refractivity contribution in [2.45, 2.75) is 52.9 Å². The lowest BCUT2D eigenvalue weighted by Gasteiger charge is -2.21. The second-order valence-corrected chi connectivity index (χ2v) is 16.7. The summed E-state index contributed by atoms with van der Waals surface area (Å²) in [4.78, 5) is 0. The topological polar surface area (TPSA) is 0 Å². The highest BCUT2D eigenvalue weighted by Crippen LogP contribution is 2.57. The third kappa shape index (κ3) is 6.48. The third-order valence-electron chi connectivity index (χ3n) is 13.0. The van der Waals surface area contributed by atoms with E-state index in [4.69, 9.17) is 0 Å². The molecule has 0 aromatic heterocycles. The third-order valence-corrected chi connectivity index (χ3v) is 13.0. The van der Waals surface area contributed by atoms with Gasteiger partial charge in [0.2, 0.25) is 0 Å². The number of fused-ring (bicyclic) bond motifs is 5. The van der Waals surface area contributed by atoms with Crippen molar-refractivity contribution < 1.29 is 0 Å². The monoisotopic (exact) mass is 770 g/mol. The average Bonchev–Trinajstić information content (AvgIpc) is 3.63. The summed E-state index contributed by atoms with van der Waals surface area (Å²) in [6.45, 7) is 8.90. The zero-order chi connectivity index (χ0) is 40.7. The molecule has 9 aromatic carbocycles. The number of hydrogen-bond donors (Lipinski definition) is 0. The molecular weight excluding hydrogens is 721 g/mol. The highest BCUT2D eigenvalue weighted by Gasteiger charge is 2.31. The van der Waals surface area contributed by atoms with E-state index < -0.39 is 0 Å². The van der Waals surface area contributed by atoms with Gasteiger partial charge in [0.25, 0.3) is 0 Å². The fourth-order valence-corrected chi connectivity index (χ4v) is 9.86. The van der Waals surface area contributed by atoms with Crippen molar-refractivity contribution in [3.8, 4) is 55.6 Å². The molecule has 0 radical (unpaired) electrons. The second-order valence-electron chi connectivity index (χ2n) is 16.7. The second kappa shape index (κ2) is 15.8. The van der Waals surface area contributed by atoms with Crippen LogP contribution in [0.4, 0.5) is 0 Å². The van der Waals surface area contributed by atoms with Crippen molar-refractivity contribution in [2.24, 2.45) is 0 Å². The number of rotatable bonds is 6. The normalized spacial score (nSPS) is 13.2. The van der Waals surface area contributed by atoms with Crippen LogP contribution in [-0.4, -0.2) is 0 Å². The summed E-state index contributed by atoms with van der Waals surface area (Å²) in [6, 6.07) is 62.8. The van der Waals surface area contributed by atoms with Gasteiger partial charge in [-0.25, -0.2) is 0 Å². The van der Waals surface area contributed by atoms with Gasteiger partial charge in [-0.3, -0.25) is 0 Å². The molecule has 0 aliphatic heterocycles. The summed E-state index contributed by atoms with van der Waals surface area (Å²) in [7, 11) is 0. The molecule has 60 heavy (non-hydrogen) atoms. The maximum Gasteiger partial charge on any atom is -0.000741 e. The predicted molar refractivity (Wildman–Crippen MR) is 261 cm³/mol. The van der Waals surface area contributed by atoms with E-state index in [1.54, 1.807) is 0 Å². The minimum absolute atomic E-state index is 0.616. The summed E-state index contributed by atoms with van der Waals surface area (Å²) in [6.07, 6.45) is 10.5. The highest BCUT2D eigenvalue weighted by atomic mass is 14.3. The fourth-order valence-electron chi connectivity index (χ4n) is 9.86. The van der Waals surface area contributed by atoms with E-state index in [1.807, 2.05) is 0 Å². The van der Waals surface area contributed by atoms with E-state index in [0.717, 1.165) is 12.8 Å². The van der Waals surface area contributed by atoms with Crippen LogP contribution in [0.2, 0.25) is 0 Å². The van der Waals surface area contributed by atoms with Gasteiger partial charge in [-0.15, -0.1) is 0 Å². The van der Waals surface area contributed by atoms with Crippen molar-refractivity contribution >= 4 is 37.9 Å². The Morgan fingerprint density at radius 3 is 1.88 bits per heavy atom. The van der Waals surface area contributed by atoms with Crippen LogP contribution >= 0.6 is 0 Å². The molecule has 290 valence electrons. The molecule has 9 aromatic rings. The Balaban J connectivity index is 0.000000214. The molecule has 0 nitrogen and oxygen atoms in total. The molecule has 1 unspecified atom stereocenters. The molecule has 0 heteroatoms. The van der Waals surface area contributed by atoms with Crippen LogP contribution < -0.4 is 0 Å².